The number of rotatable bonds is 6. The second kappa shape index (κ2) is 8.75. The summed E-state index contributed by atoms with van der Waals surface area (Å²) in [6, 6.07) is 19.6. The number of aliphatic carboxylic acids is 1. The molecule has 5 nitrogen and oxygen atoms in total. The molecule has 0 saturated heterocycles. The molecule has 0 amide bonds. The standard InChI is InChI=1S/C26H21FN2O3S/c27-20-14-17(12-13-21(20)28-26-29-22-6-1-2-7-23(22)33-26)15-8-10-16(11-9-15)24(30)18-4-3-5-19(18)25(31)32/h1-2,6-14,18-19H,3-5H2,(H,28,29)(H,31,32). The van der Waals surface area contributed by atoms with Gasteiger partial charge in [-0.15, -0.1) is 0 Å². The summed E-state index contributed by atoms with van der Waals surface area (Å²) in [6.45, 7) is 0. The predicted octanol–water partition coefficient (Wildman–Crippen LogP) is 6.53. The van der Waals surface area contributed by atoms with Crippen LogP contribution in [-0.4, -0.2) is 21.8 Å². The van der Waals surface area contributed by atoms with Crippen molar-refractivity contribution in [2.75, 3.05) is 5.32 Å². The van der Waals surface area contributed by atoms with E-state index >= 15 is 0 Å². The Bertz CT molecular complexity index is 1320. The van der Waals surface area contributed by atoms with Crippen molar-refractivity contribution in [3.05, 3.63) is 78.1 Å². The number of carboxylic acids is 1. The number of fused-ring (bicyclic) bond motifs is 1. The quantitative estimate of drug-likeness (QED) is 0.320. The summed E-state index contributed by atoms with van der Waals surface area (Å²) in [4.78, 5) is 28.7. The number of Topliss-reactive ketones (excluding diaryl/α,β-unsaturated/α-hetero) is 1. The molecule has 2 unspecified atom stereocenters. The number of thiazole rings is 1. The lowest BCUT2D eigenvalue weighted by molar-refractivity contribution is -0.142. The number of carbonyl (C=O) groups is 2. The molecule has 1 heterocycles. The van der Waals surface area contributed by atoms with Crippen LogP contribution in [0.25, 0.3) is 21.3 Å². The first-order valence-electron chi connectivity index (χ1n) is 10.8. The van der Waals surface area contributed by atoms with Gasteiger partial charge in [0.2, 0.25) is 0 Å². The highest BCUT2D eigenvalue weighted by molar-refractivity contribution is 7.22. The van der Waals surface area contributed by atoms with Crippen molar-refractivity contribution in [2.45, 2.75) is 19.3 Å². The van der Waals surface area contributed by atoms with Crippen LogP contribution in [0.1, 0.15) is 29.6 Å². The fourth-order valence-corrected chi connectivity index (χ4v) is 5.33. The molecule has 1 aliphatic carbocycles. The van der Waals surface area contributed by atoms with Gasteiger partial charge in [-0.3, -0.25) is 9.59 Å². The van der Waals surface area contributed by atoms with Crippen molar-refractivity contribution in [3.63, 3.8) is 0 Å². The van der Waals surface area contributed by atoms with E-state index in [-0.39, 0.29) is 5.78 Å². The summed E-state index contributed by atoms with van der Waals surface area (Å²) in [6.07, 6.45) is 1.90. The molecule has 0 aliphatic heterocycles. The van der Waals surface area contributed by atoms with E-state index in [1.807, 2.05) is 30.3 Å². The monoisotopic (exact) mass is 460 g/mol. The lowest BCUT2D eigenvalue weighted by atomic mass is 9.88. The maximum absolute atomic E-state index is 14.8. The summed E-state index contributed by atoms with van der Waals surface area (Å²) in [5, 5.41) is 13.0. The van der Waals surface area contributed by atoms with Gasteiger partial charge in [0, 0.05) is 11.5 Å². The fourth-order valence-electron chi connectivity index (χ4n) is 4.45. The predicted molar refractivity (Wildman–Crippen MR) is 128 cm³/mol. The number of hydrogen-bond donors (Lipinski definition) is 2. The molecule has 1 fully saturated rings. The Balaban J connectivity index is 1.33. The lowest BCUT2D eigenvalue weighted by Crippen LogP contribution is -2.25. The minimum atomic E-state index is -0.905. The minimum absolute atomic E-state index is 0.131. The number of aromatic nitrogens is 1. The minimum Gasteiger partial charge on any atom is -0.481 e. The zero-order valence-corrected chi connectivity index (χ0v) is 18.4. The molecule has 0 bridgehead atoms. The highest BCUT2D eigenvalue weighted by Gasteiger charge is 2.37. The SMILES string of the molecule is O=C(O)C1CCCC1C(=O)c1ccc(-c2ccc(Nc3nc4ccccc4s3)c(F)c2)cc1. The average Bonchev–Trinajstić information content (AvgIpc) is 3.47. The molecule has 1 saturated carbocycles. The Kier molecular flexibility index (Phi) is 5.64. The summed E-state index contributed by atoms with van der Waals surface area (Å²) in [5.41, 5.74) is 3.16. The molecule has 2 N–H and O–H groups in total. The second-order valence-electron chi connectivity index (χ2n) is 8.23. The highest BCUT2D eigenvalue weighted by Crippen LogP contribution is 2.35. The Morgan fingerprint density at radius 2 is 1.70 bits per heavy atom. The van der Waals surface area contributed by atoms with Crippen LogP contribution in [0.5, 0.6) is 0 Å². The molecule has 166 valence electrons. The molecule has 3 aromatic carbocycles. The van der Waals surface area contributed by atoms with Crippen molar-refractivity contribution >= 4 is 44.1 Å². The average molecular weight is 461 g/mol. The van der Waals surface area contributed by atoms with Crippen LogP contribution < -0.4 is 5.32 Å². The molecule has 33 heavy (non-hydrogen) atoms. The van der Waals surface area contributed by atoms with Gasteiger partial charge in [-0.05, 0) is 48.2 Å². The third-order valence-electron chi connectivity index (χ3n) is 6.18. The van der Waals surface area contributed by atoms with E-state index in [1.165, 1.54) is 17.4 Å². The largest absolute Gasteiger partial charge is 0.481 e. The first-order valence-corrected chi connectivity index (χ1v) is 11.6. The van der Waals surface area contributed by atoms with E-state index in [9.17, 15) is 19.1 Å². The molecular formula is C26H21FN2O3S. The van der Waals surface area contributed by atoms with Crippen LogP contribution in [0.2, 0.25) is 0 Å². The van der Waals surface area contributed by atoms with Crippen LogP contribution in [-0.2, 0) is 4.79 Å². The van der Waals surface area contributed by atoms with Crippen molar-refractivity contribution in [2.24, 2.45) is 11.8 Å². The van der Waals surface area contributed by atoms with E-state index in [0.29, 0.717) is 34.8 Å². The van der Waals surface area contributed by atoms with Crippen LogP contribution in [0, 0.1) is 17.7 Å². The molecule has 7 heteroatoms. The number of benzene rings is 3. The van der Waals surface area contributed by atoms with Gasteiger partial charge in [-0.25, -0.2) is 9.37 Å². The number of carbonyl (C=O) groups excluding carboxylic acids is 1. The molecule has 4 aromatic rings. The smallest absolute Gasteiger partial charge is 0.307 e. The number of anilines is 2. The summed E-state index contributed by atoms with van der Waals surface area (Å²) in [5.74, 6) is -2.52. The first-order chi connectivity index (χ1) is 16.0. The highest BCUT2D eigenvalue weighted by atomic mass is 32.1. The van der Waals surface area contributed by atoms with Gasteiger partial charge in [0.1, 0.15) is 5.82 Å². The number of ketones is 1. The summed E-state index contributed by atoms with van der Waals surface area (Å²) >= 11 is 1.46. The topological polar surface area (TPSA) is 79.3 Å². The molecule has 0 spiro atoms. The summed E-state index contributed by atoms with van der Waals surface area (Å²) in [7, 11) is 0. The van der Waals surface area contributed by atoms with Crippen molar-refractivity contribution in [1.82, 2.24) is 4.98 Å². The van der Waals surface area contributed by atoms with Gasteiger partial charge in [-0.2, -0.15) is 0 Å². The third kappa shape index (κ3) is 4.24. The number of nitrogens with zero attached hydrogens (tertiary/aromatic N) is 1. The van der Waals surface area contributed by atoms with Gasteiger partial charge < -0.3 is 10.4 Å². The molecular weight excluding hydrogens is 439 g/mol. The Morgan fingerprint density at radius 1 is 0.970 bits per heavy atom. The number of para-hydroxylation sites is 1. The first kappa shape index (κ1) is 21.3. The van der Waals surface area contributed by atoms with Gasteiger partial charge in [0.15, 0.2) is 10.9 Å². The van der Waals surface area contributed by atoms with E-state index in [1.54, 1.807) is 30.3 Å². The maximum atomic E-state index is 14.8. The van der Waals surface area contributed by atoms with E-state index in [0.717, 1.165) is 22.2 Å². The zero-order chi connectivity index (χ0) is 22.9. The number of carboxylic acid groups (broad SMARTS) is 1. The lowest BCUT2D eigenvalue weighted by Gasteiger charge is -2.15. The van der Waals surface area contributed by atoms with Gasteiger partial charge >= 0.3 is 5.97 Å². The second-order valence-corrected chi connectivity index (χ2v) is 9.26. The zero-order valence-electron chi connectivity index (χ0n) is 17.6. The van der Waals surface area contributed by atoms with E-state index < -0.39 is 23.6 Å². The molecule has 2 atom stereocenters. The van der Waals surface area contributed by atoms with Crippen LogP contribution >= 0.6 is 11.3 Å². The van der Waals surface area contributed by atoms with Crippen LogP contribution in [0.15, 0.2) is 66.7 Å². The molecule has 1 aliphatic rings. The molecule has 5 rings (SSSR count). The van der Waals surface area contributed by atoms with Gasteiger partial charge in [0.05, 0.1) is 21.8 Å². The fraction of sp³-hybridized carbons (Fsp3) is 0.192. The van der Waals surface area contributed by atoms with Crippen molar-refractivity contribution in [1.29, 1.82) is 0 Å². The van der Waals surface area contributed by atoms with E-state index in [2.05, 4.69) is 10.3 Å². The summed E-state index contributed by atoms with van der Waals surface area (Å²) < 4.78 is 15.8. The maximum Gasteiger partial charge on any atom is 0.307 e. The molecule has 0 radical (unpaired) electrons. The van der Waals surface area contributed by atoms with Crippen LogP contribution in [0.4, 0.5) is 15.2 Å². The van der Waals surface area contributed by atoms with Crippen LogP contribution in [0.3, 0.4) is 0 Å². The van der Waals surface area contributed by atoms with Crippen molar-refractivity contribution < 1.29 is 19.1 Å². The van der Waals surface area contributed by atoms with E-state index in [4.69, 9.17) is 0 Å². The Morgan fingerprint density at radius 3 is 2.42 bits per heavy atom. The van der Waals surface area contributed by atoms with Crippen molar-refractivity contribution in [3.8, 4) is 11.1 Å². The van der Waals surface area contributed by atoms with Gasteiger partial charge in [0.25, 0.3) is 0 Å². The number of hydrogen-bond acceptors (Lipinski definition) is 5. The molecule has 1 aromatic heterocycles. The Labute approximate surface area is 193 Å². The van der Waals surface area contributed by atoms with Gasteiger partial charge in [-0.1, -0.05) is 60.2 Å². The normalized spacial score (nSPS) is 17.8. The number of halogens is 1. The Hall–Kier alpha value is -3.58. The number of nitrogens with one attached hydrogen (secondary N) is 1. The third-order valence-corrected chi connectivity index (χ3v) is 7.13.